The Morgan fingerprint density at radius 3 is 2.84 bits per heavy atom. The first-order valence-corrected chi connectivity index (χ1v) is 6.27. The van der Waals surface area contributed by atoms with Gasteiger partial charge in [0.1, 0.15) is 5.69 Å². The van der Waals surface area contributed by atoms with Crippen LogP contribution < -0.4 is 11.1 Å². The second-order valence-corrected chi connectivity index (χ2v) is 4.32. The lowest BCUT2D eigenvalue weighted by Gasteiger charge is -2.17. The minimum Gasteiger partial charge on any atom is -0.375 e. The molecule has 0 spiro atoms. The number of nitrogens with two attached hydrogens (primary N) is 1. The largest absolute Gasteiger partial charge is 0.375 e. The van der Waals surface area contributed by atoms with Crippen LogP contribution in [0.5, 0.6) is 0 Å². The lowest BCUT2D eigenvalue weighted by molar-refractivity contribution is -0.384. The van der Waals surface area contributed by atoms with Gasteiger partial charge in [0, 0.05) is 18.7 Å². The molecule has 102 valence electrons. The van der Waals surface area contributed by atoms with Crippen molar-refractivity contribution in [3.8, 4) is 6.07 Å². The molecular formula is C13H18N4O2. The molecule has 0 heterocycles. The maximum absolute atomic E-state index is 11.0. The van der Waals surface area contributed by atoms with Crippen LogP contribution >= 0.6 is 0 Å². The summed E-state index contributed by atoms with van der Waals surface area (Å²) in [7, 11) is 0. The van der Waals surface area contributed by atoms with Crippen molar-refractivity contribution in [1.29, 1.82) is 5.26 Å². The summed E-state index contributed by atoms with van der Waals surface area (Å²) in [5.41, 5.74) is 6.26. The van der Waals surface area contributed by atoms with Crippen LogP contribution in [-0.4, -0.2) is 17.5 Å². The molecule has 0 aliphatic carbocycles. The summed E-state index contributed by atoms with van der Waals surface area (Å²) in [6, 6.07) is 6.29. The predicted octanol–water partition coefficient (Wildman–Crippen LogP) is 2.40. The Kier molecular flexibility index (Phi) is 5.76. The zero-order chi connectivity index (χ0) is 14.3. The van der Waals surface area contributed by atoms with Gasteiger partial charge in [0.2, 0.25) is 0 Å². The van der Waals surface area contributed by atoms with Gasteiger partial charge in [-0.15, -0.1) is 0 Å². The highest BCUT2D eigenvalue weighted by molar-refractivity contribution is 5.64. The summed E-state index contributed by atoms with van der Waals surface area (Å²) < 4.78 is 0. The van der Waals surface area contributed by atoms with E-state index in [1.807, 2.05) is 6.07 Å². The zero-order valence-electron chi connectivity index (χ0n) is 10.9. The third kappa shape index (κ3) is 4.23. The normalized spacial score (nSPS) is 11.6. The molecule has 6 heteroatoms. The van der Waals surface area contributed by atoms with Crippen LogP contribution in [0.1, 0.15) is 31.7 Å². The summed E-state index contributed by atoms with van der Waals surface area (Å²) in [5, 5.41) is 22.9. The maximum Gasteiger partial charge on any atom is 0.293 e. The van der Waals surface area contributed by atoms with Gasteiger partial charge in [0.25, 0.3) is 5.69 Å². The van der Waals surface area contributed by atoms with Gasteiger partial charge in [-0.1, -0.05) is 19.8 Å². The van der Waals surface area contributed by atoms with E-state index in [0.29, 0.717) is 12.2 Å². The number of rotatable bonds is 7. The quantitative estimate of drug-likeness (QED) is 0.579. The summed E-state index contributed by atoms with van der Waals surface area (Å²) in [5.74, 6) is 0. The minimum atomic E-state index is -0.490. The summed E-state index contributed by atoms with van der Waals surface area (Å²) in [6.07, 6.45) is 2.93. The third-order valence-corrected chi connectivity index (χ3v) is 2.87. The molecule has 1 atom stereocenters. The van der Waals surface area contributed by atoms with Crippen molar-refractivity contribution in [2.24, 2.45) is 5.73 Å². The minimum absolute atomic E-state index is 0.00610. The van der Waals surface area contributed by atoms with E-state index in [0.717, 1.165) is 19.3 Å². The first-order chi connectivity index (χ1) is 9.12. The van der Waals surface area contributed by atoms with Gasteiger partial charge in [-0.05, 0) is 18.6 Å². The molecular weight excluding hydrogens is 244 g/mol. The number of nitro benzene ring substituents is 1. The molecule has 0 bridgehead atoms. The number of benzene rings is 1. The van der Waals surface area contributed by atoms with Crippen LogP contribution in [0.4, 0.5) is 11.4 Å². The number of nitrogens with one attached hydrogen (secondary N) is 1. The molecule has 3 N–H and O–H groups in total. The van der Waals surface area contributed by atoms with E-state index in [1.165, 1.54) is 6.07 Å². The number of hydrogen-bond acceptors (Lipinski definition) is 5. The van der Waals surface area contributed by atoms with Crippen LogP contribution in [0, 0.1) is 21.4 Å². The van der Waals surface area contributed by atoms with Gasteiger partial charge in [0.15, 0.2) is 0 Å². The van der Waals surface area contributed by atoms with E-state index in [9.17, 15) is 10.1 Å². The van der Waals surface area contributed by atoms with Gasteiger partial charge in [0.05, 0.1) is 16.6 Å². The van der Waals surface area contributed by atoms with Crippen LogP contribution in [0.3, 0.4) is 0 Å². The third-order valence-electron chi connectivity index (χ3n) is 2.87. The first kappa shape index (κ1) is 14.9. The molecule has 1 unspecified atom stereocenters. The number of nitro groups is 1. The van der Waals surface area contributed by atoms with Crippen LogP contribution in [-0.2, 0) is 0 Å². The molecule has 0 aromatic heterocycles. The van der Waals surface area contributed by atoms with Crippen molar-refractivity contribution in [2.45, 2.75) is 32.2 Å². The zero-order valence-corrected chi connectivity index (χ0v) is 10.9. The van der Waals surface area contributed by atoms with Crippen molar-refractivity contribution in [2.75, 3.05) is 11.9 Å². The highest BCUT2D eigenvalue weighted by Gasteiger charge is 2.17. The fourth-order valence-corrected chi connectivity index (χ4v) is 1.79. The standard InChI is InChI=1S/C13H18N4O2/c1-2-3-4-11(9-15)16-12-6-5-10(8-14)7-13(12)17(18)19/h5-7,11,16H,2-4,9,15H2,1H3. The molecule has 6 nitrogen and oxygen atoms in total. The van der Waals surface area contributed by atoms with Crippen molar-refractivity contribution in [3.05, 3.63) is 33.9 Å². The molecule has 0 saturated carbocycles. The topological polar surface area (TPSA) is 105 Å². The molecule has 0 amide bonds. The van der Waals surface area contributed by atoms with Gasteiger partial charge in [-0.2, -0.15) is 5.26 Å². The lowest BCUT2D eigenvalue weighted by atomic mass is 10.1. The monoisotopic (exact) mass is 262 g/mol. The number of anilines is 1. The van der Waals surface area contributed by atoms with Crippen molar-refractivity contribution >= 4 is 11.4 Å². The molecule has 1 rings (SSSR count). The molecule has 0 radical (unpaired) electrons. The molecule has 0 aliphatic heterocycles. The first-order valence-electron chi connectivity index (χ1n) is 6.27. The fourth-order valence-electron chi connectivity index (χ4n) is 1.79. The molecule has 0 aliphatic rings. The molecule has 0 fully saturated rings. The van der Waals surface area contributed by atoms with Crippen molar-refractivity contribution < 1.29 is 4.92 Å². The summed E-state index contributed by atoms with van der Waals surface area (Å²) in [6.45, 7) is 2.49. The van der Waals surface area contributed by atoms with Crippen molar-refractivity contribution in [3.63, 3.8) is 0 Å². The number of nitrogens with zero attached hydrogens (tertiary/aromatic N) is 2. The highest BCUT2D eigenvalue weighted by Crippen LogP contribution is 2.26. The Hall–Kier alpha value is -2.13. The lowest BCUT2D eigenvalue weighted by Crippen LogP contribution is -2.29. The van der Waals surface area contributed by atoms with E-state index >= 15 is 0 Å². The van der Waals surface area contributed by atoms with E-state index in [1.54, 1.807) is 12.1 Å². The Labute approximate surface area is 112 Å². The SMILES string of the molecule is CCCCC(CN)Nc1ccc(C#N)cc1[N+](=O)[O-]. The molecule has 19 heavy (non-hydrogen) atoms. The van der Waals surface area contributed by atoms with Crippen LogP contribution in [0.25, 0.3) is 0 Å². The Bertz CT molecular complexity index is 482. The second kappa shape index (κ2) is 7.34. The van der Waals surface area contributed by atoms with E-state index in [4.69, 9.17) is 11.0 Å². The smallest absolute Gasteiger partial charge is 0.293 e. The molecule has 1 aromatic rings. The average molecular weight is 262 g/mol. The van der Waals surface area contributed by atoms with Gasteiger partial charge in [-0.25, -0.2) is 0 Å². The van der Waals surface area contributed by atoms with Crippen molar-refractivity contribution in [1.82, 2.24) is 0 Å². The van der Waals surface area contributed by atoms with E-state index in [-0.39, 0.29) is 17.3 Å². The maximum atomic E-state index is 11.0. The van der Waals surface area contributed by atoms with E-state index < -0.39 is 4.92 Å². The number of unbranched alkanes of at least 4 members (excludes halogenated alkanes) is 1. The molecule has 1 aromatic carbocycles. The van der Waals surface area contributed by atoms with Gasteiger partial charge < -0.3 is 11.1 Å². The fraction of sp³-hybridized carbons (Fsp3) is 0.462. The molecule has 0 saturated heterocycles. The average Bonchev–Trinajstić information content (AvgIpc) is 2.43. The Morgan fingerprint density at radius 1 is 1.58 bits per heavy atom. The number of nitriles is 1. The second-order valence-electron chi connectivity index (χ2n) is 4.32. The van der Waals surface area contributed by atoms with Gasteiger partial charge >= 0.3 is 0 Å². The highest BCUT2D eigenvalue weighted by atomic mass is 16.6. The Morgan fingerprint density at radius 2 is 2.32 bits per heavy atom. The van der Waals surface area contributed by atoms with E-state index in [2.05, 4.69) is 12.2 Å². The summed E-state index contributed by atoms with van der Waals surface area (Å²) >= 11 is 0. The summed E-state index contributed by atoms with van der Waals surface area (Å²) in [4.78, 5) is 10.5. The number of hydrogen-bond donors (Lipinski definition) is 2. The van der Waals surface area contributed by atoms with Gasteiger partial charge in [-0.3, -0.25) is 10.1 Å². The predicted molar refractivity (Wildman–Crippen MR) is 73.8 cm³/mol. The van der Waals surface area contributed by atoms with Crippen LogP contribution in [0.15, 0.2) is 18.2 Å². The van der Waals surface area contributed by atoms with Crippen LogP contribution in [0.2, 0.25) is 0 Å². The Balaban J connectivity index is 2.93.